The van der Waals surface area contributed by atoms with E-state index >= 15 is 0 Å². The summed E-state index contributed by atoms with van der Waals surface area (Å²) in [6, 6.07) is 16.5. The van der Waals surface area contributed by atoms with E-state index in [1.54, 1.807) is 18.2 Å². The Hall–Kier alpha value is -2.92. The van der Waals surface area contributed by atoms with Crippen LogP contribution in [0.4, 0.5) is 0 Å². The first kappa shape index (κ1) is 15.0. The van der Waals surface area contributed by atoms with Gasteiger partial charge in [-0.15, -0.1) is 0 Å². The highest BCUT2D eigenvalue weighted by molar-refractivity contribution is 5.38. The van der Waals surface area contributed by atoms with Crippen molar-refractivity contribution in [2.75, 3.05) is 0 Å². The van der Waals surface area contributed by atoms with Gasteiger partial charge in [0.2, 0.25) is 11.8 Å². The van der Waals surface area contributed by atoms with Crippen LogP contribution in [0.15, 0.2) is 60.9 Å². The van der Waals surface area contributed by atoms with E-state index in [1.165, 1.54) is 6.33 Å². The number of aliphatic hydroxyl groups is 1. The fraction of sp³-hybridized carbons (Fsp3) is 0.111. The predicted molar refractivity (Wildman–Crippen MR) is 85.7 cm³/mol. The molecule has 5 heteroatoms. The van der Waals surface area contributed by atoms with Crippen LogP contribution in [0.2, 0.25) is 0 Å². The number of aromatic nitrogens is 2. The Labute approximate surface area is 134 Å². The quantitative estimate of drug-likeness (QED) is 0.775. The normalized spacial score (nSPS) is 10.3. The fourth-order valence-electron chi connectivity index (χ4n) is 2.06. The SMILES string of the molecule is Cc1ccccc1Oc1cc(Oc2ccccc2CO)ncn1. The molecule has 116 valence electrons. The molecular weight excluding hydrogens is 292 g/mol. The lowest BCUT2D eigenvalue weighted by molar-refractivity contribution is 0.276. The molecule has 0 radical (unpaired) electrons. The van der Waals surface area contributed by atoms with Crippen molar-refractivity contribution in [3.8, 4) is 23.3 Å². The minimum Gasteiger partial charge on any atom is -0.439 e. The lowest BCUT2D eigenvalue weighted by atomic mass is 10.2. The maximum atomic E-state index is 9.34. The molecule has 0 fully saturated rings. The van der Waals surface area contributed by atoms with Gasteiger partial charge in [0, 0.05) is 5.56 Å². The van der Waals surface area contributed by atoms with Crippen LogP contribution in [0.5, 0.6) is 23.3 Å². The summed E-state index contributed by atoms with van der Waals surface area (Å²) in [5, 5.41) is 9.34. The maximum absolute atomic E-state index is 9.34. The molecule has 0 saturated heterocycles. The van der Waals surface area contributed by atoms with E-state index in [1.807, 2.05) is 43.3 Å². The van der Waals surface area contributed by atoms with Crippen molar-refractivity contribution in [2.45, 2.75) is 13.5 Å². The molecule has 5 nitrogen and oxygen atoms in total. The van der Waals surface area contributed by atoms with Crippen molar-refractivity contribution >= 4 is 0 Å². The number of ether oxygens (including phenoxy) is 2. The molecule has 0 amide bonds. The Morgan fingerprint density at radius 3 is 2.17 bits per heavy atom. The standard InChI is InChI=1S/C18H16N2O3/c1-13-6-2-4-8-15(13)22-17-10-18(20-12-19-17)23-16-9-5-3-7-14(16)11-21/h2-10,12,21H,11H2,1H3. The largest absolute Gasteiger partial charge is 0.439 e. The summed E-state index contributed by atoms with van der Waals surface area (Å²) < 4.78 is 11.5. The van der Waals surface area contributed by atoms with Crippen LogP contribution >= 0.6 is 0 Å². The molecule has 3 rings (SSSR count). The average molecular weight is 308 g/mol. The third-order valence-electron chi connectivity index (χ3n) is 3.28. The van der Waals surface area contributed by atoms with Crippen molar-refractivity contribution in [2.24, 2.45) is 0 Å². The second-order valence-electron chi connectivity index (χ2n) is 4.93. The van der Waals surface area contributed by atoms with E-state index in [2.05, 4.69) is 9.97 Å². The van der Waals surface area contributed by atoms with Crippen LogP contribution < -0.4 is 9.47 Å². The van der Waals surface area contributed by atoms with Gasteiger partial charge in [-0.3, -0.25) is 0 Å². The molecule has 0 unspecified atom stereocenters. The molecule has 0 aliphatic rings. The molecule has 1 N–H and O–H groups in total. The Balaban J connectivity index is 1.81. The third-order valence-corrected chi connectivity index (χ3v) is 3.28. The average Bonchev–Trinajstić information content (AvgIpc) is 2.58. The van der Waals surface area contributed by atoms with Crippen LogP contribution in [0.25, 0.3) is 0 Å². The molecule has 1 aromatic heterocycles. The summed E-state index contributed by atoms with van der Waals surface area (Å²) in [4.78, 5) is 8.18. The maximum Gasteiger partial charge on any atom is 0.226 e. The first-order chi connectivity index (χ1) is 11.3. The van der Waals surface area contributed by atoms with E-state index < -0.39 is 0 Å². The highest BCUT2D eigenvalue weighted by Gasteiger charge is 2.07. The number of rotatable bonds is 5. The van der Waals surface area contributed by atoms with Crippen LogP contribution in [-0.2, 0) is 6.61 Å². The molecule has 0 spiro atoms. The minimum absolute atomic E-state index is 0.103. The summed E-state index contributed by atoms with van der Waals surface area (Å²) in [6.45, 7) is 1.86. The van der Waals surface area contributed by atoms with Gasteiger partial charge in [-0.2, -0.15) is 0 Å². The van der Waals surface area contributed by atoms with Gasteiger partial charge < -0.3 is 14.6 Å². The van der Waals surface area contributed by atoms with Crippen molar-refractivity contribution in [3.05, 3.63) is 72.1 Å². The van der Waals surface area contributed by atoms with Gasteiger partial charge in [0.15, 0.2) is 0 Å². The Kier molecular flexibility index (Phi) is 4.49. The lowest BCUT2D eigenvalue weighted by Gasteiger charge is -2.10. The van der Waals surface area contributed by atoms with Crippen molar-refractivity contribution < 1.29 is 14.6 Å². The molecule has 2 aromatic carbocycles. The zero-order chi connectivity index (χ0) is 16.1. The van der Waals surface area contributed by atoms with E-state index in [0.717, 1.165) is 11.3 Å². The summed E-state index contributed by atoms with van der Waals surface area (Å²) in [5.41, 5.74) is 1.70. The number of aryl methyl sites for hydroxylation is 1. The molecule has 0 aliphatic heterocycles. The first-order valence-corrected chi connectivity index (χ1v) is 7.18. The van der Waals surface area contributed by atoms with Gasteiger partial charge in [-0.1, -0.05) is 36.4 Å². The first-order valence-electron chi connectivity index (χ1n) is 7.18. The van der Waals surface area contributed by atoms with E-state index in [0.29, 0.717) is 23.1 Å². The minimum atomic E-state index is -0.103. The predicted octanol–water partition coefficient (Wildman–Crippen LogP) is 3.86. The number of para-hydroxylation sites is 2. The zero-order valence-electron chi connectivity index (χ0n) is 12.6. The van der Waals surface area contributed by atoms with E-state index in [-0.39, 0.29) is 6.61 Å². The monoisotopic (exact) mass is 308 g/mol. The summed E-state index contributed by atoms with van der Waals surface area (Å²) >= 11 is 0. The Morgan fingerprint density at radius 1 is 0.870 bits per heavy atom. The van der Waals surface area contributed by atoms with Crippen LogP contribution in [0.1, 0.15) is 11.1 Å². The van der Waals surface area contributed by atoms with Gasteiger partial charge in [0.1, 0.15) is 17.8 Å². The Morgan fingerprint density at radius 2 is 1.48 bits per heavy atom. The molecule has 3 aromatic rings. The summed E-state index contributed by atoms with van der Waals surface area (Å²) in [7, 11) is 0. The molecule has 0 bridgehead atoms. The highest BCUT2D eigenvalue weighted by atomic mass is 16.5. The smallest absolute Gasteiger partial charge is 0.226 e. The molecule has 0 aliphatic carbocycles. The van der Waals surface area contributed by atoms with Crippen molar-refractivity contribution in [1.82, 2.24) is 9.97 Å². The second kappa shape index (κ2) is 6.89. The summed E-state index contributed by atoms with van der Waals surface area (Å²) in [6.07, 6.45) is 1.38. The lowest BCUT2D eigenvalue weighted by Crippen LogP contribution is -1.95. The van der Waals surface area contributed by atoms with E-state index in [9.17, 15) is 5.11 Å². The molecule has 1 heterocycles. The number of hydrogen-bond acceptors (Lipinski definition) is 5. The number of nitrogens with zero attached hydrogens (tertiary/aromatic N) is 2. The van der Waals surface area contributed by atoms with Crippen LogP contribution in [0, 0.1) is 6.92 Å². The van der Waals surface area contributed by atoms with Crippen LogP contribution in [-0.4, -0.2) is 15.1 Å². The van der Waals surface area contributed by atoms with Crippen molar-refractivity contribution in [1.29, 1.82) is 0 Å². The zero-order valence-corrected chi connectivity index (χ0v) is 12.6. The topological polar surface area (TPSA) is 64.5 Å². The van der Waals surface area contributed by atoms with E-state index in [4.69, 9.17) is 9.47 Å². The van der Waals surface area contributed by atoms with Gasteiger partial charge in [-0.25, -0.2) is 9.97 Å². The number of benzene rings is 2. The highest BCUT2D eigenvalue weighted by Crippen LogP contribution is 2.28. The van der Waals surface area contributed by atoms with Crippen LogP contribution in [0.3, 0.4) is 0 Å². The van der Waals surface area contributed by atoms with Gasteiger partial charge >= 0.3 is 0 Å². The Bertz CT molecular complexity index is 806. The summed E-state index contributed by atoms with van der Waals surface area (Å²) in [5.74, 6) is 2.03. The van der Waals surface area contributed by atoms with Gasteiger partial charge in [0.25, 0.3) is 0 Å². The molecular formula is C18H16N2O3. The number of hydrogen-bond donors (Lipinski definition) is 1. The number of aliphatic hydroxyl groups excluding tert-OH is 1. The third kappa shape index (κ3) is 3.64. The second-order valence-corrected chi connectivity index (χ2v) is 4.93. The molecule has 0 atom stereocenters. The van der Waals surface area contributed by atoms with Gasteiger partial charge in [0.05, 0.1) is 12.7 Å². The fourth-order valence-corrected chi connectivity index (χ4v) is 2.06. The van der Waals surface area contributed by atoms with Gasteiger partial charge in [-0.05, 0) is 24.6 Å². The molecule has 23 heavy (non-hydrogen) atoms. The van der Waals surface area contributed by atoms with Crippen molar-refractivity contribution in [3.63, 3.8) is 0 Å². The molecule has 0 saturated carbocycles.